The second-order valence-electron chi connectivity index (χ2n) is 27.4. The van der Waals surface area contributed by atoms with Crippen LogP contribution >= 0.6 is 0 Å². The van der Waals surface area contributed by atoms with Crippen molar-refractivity contribution in [1.29, 1.82) is 0 Å². The Morgan fingerprint density at radius 2 is 0.388 bits per heavy atom. The summed E-state index contributed by atoms with van der Waals surface area (Å²) >= 11 is 0. The molecule has 482 valence electrons. The molecule has 21 rings (SSSR count). The molecule has 16 aromatic carbocycles. The van der Waals surface area contributed by atoms with Gasteiger partial charge in [-0.2, -0.15) is 0 Å². The van der Waals surface area contributed by atoms with Crippen LogP contribution in [0.1, 0.15) is 22.3 Å². The number of hydrogen-bond acceptors (Lipinski definition) is 2. The summed E-state index contributed by atoms with van der Waals surface area (Å²) in [6, 6.07) is 130. The smallest absolute Gasteiger partial charge is 0.131 e. The lowest BCUT2D eigenvalue weighted by Gasteiger charge is -2.36. The van der Waals surface area contributed by atoms with Gasteiger partial charge < -0.3 is 28.5 Å². The van der Waals surface area contributed by atoms with Gasteiger partial charge in [0, 0.05) is 88.1 Å². The molecule has 4 aromatic heterocycles. The van der Waals surface area contributed by atoms with E-state index in [-0.39, 0.29) is 11.5 Å². The lowest BCUT2D eigenvalue weighted by Crippen LogP contribution is -2.29. The highest BCUT2D eigenvalue weighted by atomic mass is 16.3. The predicted molar refractivity (Wildman–Crippen MR) is 426 cm³/mol. The monoisotopic (exact) mass is 1310 g/mol. The molecular weight excluding hydrogens is 1250 g/mol. The molecule has 0 atom stereocenters. The number of hydrogen-bond donors (Lipinski definition) is 2. The third-order valence-corrected chi connectivity index (χ3v) is 22.0. The lowest BCUT2D eigenvalue weighted by atomic mass is 9.66. The van der Waals surface area contributed by atoms with E-state index >= 15 is 0 Å². The molecular formula is C97H62N4O2. The number of rotatable bonds is 10. The largest absolute Gasteiger partial charge is 0.507 e. The van der Waals surface area contributed by atoms with Crippen molar-refractivity contribution in [3.63, 3.8) is 0 Å². The van der Waals surface area contributed by atoms with E-state index in [4.69, 9.17) is 0 Å². The van der Waals surface area contributed by atoms with Crippen LogP contribution in [0.2, 0.25) is 0 Å². The first kappa shape index (κ1) is 58.3. The Hall–Kier alpha value is -13.7. The van der Waals surface area contributed by atoms with E-state index in [0.717, 1.165) is 123 Å². The maximum absolute atomic E-state index is 13.9. The molecule has 103 heavy (non-hydrogen) atoms. The van der Waals surface area contributed by atoms with Gasteiger partial charge in [0.2, 0.25) is 0 Å². The number of phenols is 2. The maximum Gasteiger partial charge on any atom is 0.131 e. The quantitative estimate of drug-likeness (QED) is 0.143. The van der Waals surface area contributed by atoms with Crippen molar-refractivity contribution in [2.24, 2.45) is 0 Å². The Balaban J connectivity index is 0.865. The molecule has 4 heterocycles. The summed E-state index contributed by atoms with van der Waals surface area (Å²) in [4.78, 5) is 0. The first-order valence-corrected chi connectivity index (χ1v) is 35.2. The van der Waals surface area contributed by atoms with E-state index < -0.39 is 5.41 Å². The summed E-state index contributed by atoms with van der Waals surface area (Å²) < 4.78 is 9.40. The normalized spacial score (nSPS) is 12.6. The van der Waals surface area contributed by atoms with E-state index in [2.05, 4.69) is 382 Å². The Morgan fingerprint density at radius 3 is 0.621 bits per heavy atom. The number of aromatic nitrogens is 4. The average molecular weight is 1320 g/mol. The molecule has 0 saturated heterocycles. The lowest BCUT2D eigenvalue weighted by molar-refractivity contribution is 0.479. The first-order valence-electron chi connectivity index (χ1n) is 35.2. The van der Waals surface area contributed by atoms with Crippen molar-refractivity contribution in [3.05, 3.63) is 386 Å². The maximum atomic E-state index is 13.9. The van der Waals surface area contributed by atoms with Gasteiger partial charge >= 0.3 is 0 Å². The third-order valence-electron chi connectivity index (χ3n) is 22.0. The fourth-order valence-electron chi connectivity index (χ4n) is 17.7. The number of phenolic OH excluding ortho intramolecular Hbond substituents is 2. The summed E-state index contributed by atoms with van der Waals surface area (Å²) in [5, 5.41) is 37.1. The Bertz CT molecular complexity index is 5950. The van der Waals surface area contributed by atoms with Crippen molar-refractivity contribution in [2.75, 3.05) is 0 Å². The third kappa shape index (κ3) is 8.62. The first-order chi connectivity index (χ1) is 50.9. The van der Waals surface area contributed by atoms with Crippen LogP contribution in [-0.4, -0.2) is 28.5 Å². The minimum Gasteiger partial charge on any atom is -0.507 e. The summed E-state index contributed by atoms with van der Waals surface area (Å²) in [5.74, 6) is 0.320. The predicted octanol–water partition coefficient (Wildman–Crippen LogP) is 24.5. The molecule has 0 aliphatic heterocycles. The van der Waals surface area contributed by atoms with Gasteiger partial charge in [-0.05, 0) is 177 Å². The summed E-state index contributed by atoms with van der Waals surface area (Å²) in [6.07, 6.45) is 0. The summed E-state index contributed by atoms with van der Waals surface area (Å²) in [6.45, 7) is 0. The van der Waals surface area contributed by atoms with Gasteiger partial charge in [0.1, 0.15) is 11.5 Å². The van der Waals surface area contributed by atoms with Crippen LogP contribution in [0.15, 0.2) is 364 Å². The van der Waals surface area contributed by atoms with Crippen molar-refractivity contribution in [1.82, 2.24) is 18.3 Å². The molecule has 1 aliphatic carbocycles. The Morgan fingerprint density at radius 1 is 0.184 bits per heavy atom. The molecule has 6 heteroatoms. The number of fused-ring (bicyclic) bond motifs is 15. The zero-order chi connectivity index (χ0) is 68.0. The van der Waals surface area contributed by atoms with Crippen LogP contribution in [0.5, 0.6) is 11.5 Å². The van der Waals surface area contributed by atoms with Crippen LogP contribution < -0.4 is 0 Å². The SMILES string of the molecule is Oc1c(-c2cccc(-n3c4ccccc4c4ccccc43)c2)cc(C2(c3cc(-c4cccc(-n5c6ccccc6c6ccccc65)c4)c(O)c(-c4cccc(-n5c6ccccc6c6ccccc65)c4)c3)c3ccccc3-c3ccccc32)cc1-c1cccc(-n2c3ccccc3c3ccccc32)c1. The molecule has 0 amide bonds. The molecule has 2 N–H and O–H groups in total. The highest BCUT2D eigenvalue weighted by Crippen LogP contribution is 2.60. The molecule has 6 nitrogen and oxygen atoms in total. The molecule has 0 spiro atoms. The highest BCUT2D eigenvalue weighted by Gasteiger charge is 2.47. The van der Waals surface area contributed by atoms with Gasteiger partial charge in [0.15, 0.2) is 0 Å². The topological polar surface area (TPSA) is 60.2 Å². The van der Waals surface area contributed by atoms with Crippen molar-refractivity contribution in [2.45, 2.75) is 5.41 Å². The van der Waals surface area contributed by atoms with E-state index in [9.17, 15) is 10.2 Å². The number of aromatic hydroxyl groups is 2. The van der Waals surface area contributed by atoms with Crippen molar-refractivity contribution >= 4 is 87.2 Å². The molecule has 20 aromatic rings. The average Bonchev–Trinajstić information content (AvgIpc) is 1.57. The fourth-order valence-corrected chi connectivity index (χ4v) is 17.7. The zero-order valence-corrected chi connectivity index (χ0v) is 55.8. The van der Waals surface area contributed by atoms with Gasteiger partial charge in [-0.25, -0.2) is 0 Å². The van der Waals surface area contributed by atoms with Gasteiger partial charge in [-0.3, -0.25) is 0 Å². The Kier molecular flexibility index (Phi) is 12.8. The van der Waals surface area contributed by atoms with E-state index in [1.807, 2.05) is 0 Å². The van der Waals surface area contributed by atoms with E-state index in [1.165, 1.54) is 43.1 Å². The molecule has 1 aliphatic rings. The summed E-state index contributed by atoms with van der Waals surface area (Å²) in [5.41, 5.74) is 23.9. The van der Waals surface area contributed by atoms with Gasteiger partial charge in [-0.1, -0.05) is 243 Å². The fraction of sp³-hybridized carbons (Fsp3) is 0.0103. The number of para-hydroxylation sites is 8. The Labute approximate surface area is 593 Å². The van der Waals surface area contributed by atoms with Crippen LogP contribution in [0, 0.1) is 0 Å². The highest BCUT2D eigenvalue weighted by molar-refractivity contribution is 6.13. The standard InChI is InChI=1S/C97H62N4O2/c102-95-81(61-25-21-29-67(53-61)98-87-45-13-3-35-73(87)74-36-4-14-46-88(74)98)57-65(58-82(95)62-26-22-30-68(54-62)99-89-47-15-5-37-75(89)76-38-6-16-48-90(76)99)97(85-43-11-1-33-71(85)72-34-2-12-44-86(72)97)66-59-83(63-27-23-31-69(55-63)100-91-49-17-7-39-77(91)78-40-8-18-50-92(78)100)96(103)84(60-66)64-28-24-32-70(56-64)101-93-51-19-9-41-79(93)80-42-10-20-52-94(80)101/h1-60,102-103H. The molecule has 0 bridgehead atoms. The molecule has 0 radical (unpaired) electrons. The van der Waals surface area contributed by atoms with Gasteiger partial charge in [0.25, 0.3) is 0 Å². The van der Waals surface area contributed by atoms with Gasteiger partial charge in [0.05, 0.1) is 49.5 Å². The van der Waals surface area contributed by atoms with Crippen molar-refractivity contribution < 1.29 is 10.2 Å². The minimum atomic E-state index is -1.11. The second-order valence-corrected chi connectivity index (χ2v) is 27.4. The number of benzene rings is 16. The van der Waals surface area contributed by atoms with E-state index in [0.29, 0.717) is 22.3 Å². The van der Waals surface area contributed by atoms with Crippen LogP contribution in [0.3, 0.4) is 0 Å². The second kappa shape index (κ2) is 22.7. The minimum absolute atomic E-state index is 0.160. The van der Waals surface area contributed by atoms with E-state index in [1.54, 1.807) is 0 Å². The molecule has 0 saturated carbocycles. The van der Waals surface area contributed by atoms with Gasteiger partial charge in [-0.15, -0.1) is 0 Å². The van der Waals surface area contributed by atoms with Crippen LogP contribution in [-0.2, 0) is 5.41 Å². The molecule has 0 fully saturated rings. The number of nitrogens with zero attached hydrogens (tertiary/aromatic N) is 4. The summed E-state index contributed by atoms with van der Waals surface area (Å²) in [7, 11) is 0. The van der Waals surface area contributed by atoms with Crippen molar-refractivity contribution in [3.8, 4) is 89.9 Å². The zero-order valence-electron chi connectivity index (χ0n) is 55.8. The van der Waals surface area contributed by atoms with Crippen LogP contribution in [0.25, 0.3) is 166 Å². The molecule has 0 unspecified atom stereocenters. The van der Waals surface area contributed by atoms with Crippen LogP contribution in [0.4, 0.5) is 0 Å².